The van der Waals surface area contributed by atoms with Gasteiger partial charge < -0.3 is 5.32 Å². The highest BCUT2D eigenvalue weighted by Gasteiger charge is 2.23. The molecule has 0 rings (SSSR count). The van der Waals surface area contributed by atoms with Crippen molar-refractivity contribution >= 4 is 40.7 Å². The maximum atomic E-state index is 11.1. The Labute approximate surface area is 100 Å². The van der Waals surface area contributed by atoms with Crippen LogP contribution in [0.5, 0.6) is 0 Å². The van der Waals surface area contributed by atoms with Crippen LogP contribution in [0.4, 0.5) is 0 Å². The number of amides is 1. The molecule has 2 nitrogen and oxygen atoms in total. The lowest BCUT2D eigenvalue weighted by molar-refractivity contribution is -0.120. The minimum atomic E-state index is -1.48. The number of hydrogen-bond donors (Lipinski definition) is 1. The molecule has 0 aliphatic heterocycles. The minimum absolute atomic E-state index is 0.0779. The molecule has 0 aliphatic carbocycles. The normalized spacial score (nSPS) is 11.4. The number of hydrogen-bond acceptors (Lipinski definition) is 1. The van der Waals surface area contributed by atoms with Gasteiger partial charge in [0.2, 0.25) is 5.91 Å². The van der Waals surface area contributed by atoms with Crippen LogP contribution in [0.25, 0.3) is 0 Å². The zero-order valence-electron chi connectivity index (χ0n) is 8.28. The molecule has 5 heteroatoms. The Morgan fingerprint density at radius 2 is 1.86 bits per heavy atom. The van der Waals surface area contributed by atoms with Crippen LogP contribution in [0.1, 0.15) is 39.0 Å². The van der Waals surface area contributed by atoms with E-state index in [-0.39, 0.29) is 12.3 Å². The van der Waals surface area contributed by atoms with E-state index in [4.69, 9.17) is 34.8 Å². The molecular formula is C9H16Cl3NO. The third kappa shape index (κ3) is 10.4. The van der Waals surface area contributed by atoms with E-state index in [0.717, 1.165) is 12.8 Å². The van der Waals surface area contributed by atoms with Gasteiger partial charge in [-0.05, 0) is 6.42 Å². The van der Waals surface area contributed by atoms with Crippen LogP contribution >= 0.6 is 34.8 Å². The van der Waals surface area contributed by atoms with Crippen LogP contribution in [-0.4, -0.2) is 16.2 Å². The first-order chi connectivity index (χ1) is 6.45. The summed E-state index contributed by atoms with van der Waals surface area (Å²) >= 11 is 16.4. The van der Waals surface area contributed by atoms with Crippen molar-refractivity contribution in [3.8, 4) is 0 Å². The molecule has 0 fully saturated rings. The van der Waals surface area contributed by atoms with E-state index in [1.54, 1.807) is 0 Å². The highest BCUT2D eigenvalue weighted by molar-refractivity contribution is 6.68. The largest absolute Gasteiger partial charge is 0.356 e. The van der Waals surface area contributed by atoms with E-state index >= 15 is 0 Å². The maximum absolute atomic E-state index is 11.1. The second kappa shape index (κ2) is 7.61. The minimum Gasteiger partial charge on any atom is -0.356 e. The lowest BCUT2D eigenvalue weighted by atomic mass is 10.2. The number of halogens is 3. The molecule has 0 heterocycles. The molecule has 0 saturated heterocycles. The van der Waals surface area contributed by atoms with Gasteiger partial charge in [-0.1, -0.05) is 61.0 Å². The molecule has 0 aromatic heterocycles. The quantitative estimate of drug-likeness (QED) is 0.575. The summed E-state index contributed by atoms with van der Waals surface area (Å²) in [5.74, 6) is -0.207. The predicted molar refractivity (Wildman–Crippen MR) is 62.1 cm³/mol. The van der Waals surface area contributed by atoms with Crippen LogP contribution in [-0.2, 0) is 4.79 Å². The van der Waals surface area contributed by atoms with Crippen LogP contribution in [0.3, 0.4) is 0 Å². The molecule has 0 aromatic carbocycles. The standard InChI is InChI=1S/C9H16Cl3NO/c1-2-3-4-5-6-13-8(14)7-9(10,11)12/h2-7H2,1H3,(H,13,14). The van der Waals surface area contributed by atoms with Crippen molar-refractivity contribution in [1.29, 1.82) is 0 Å². The Morgan fingerprint density at radius 3 is 2.36 bits per heavy atom. The Hall–Kier alpha value is 0.340. The summed E-state index contributed by atoms with van der Waals surface area (Å²) in [5, 5.41) is 2.71. The van der Waals surface area contributed by atoms with Gasteiger partial charge in [0.05, 0.1) is 6.42 Å². The van der Waals surface area contributed by atoms with Gasteiger partial charge in [-0.2, -0.15) is 0 Å². The molecular weight excluding hydrogens is 244 g/mol. The summed E-state index contributed by atoms with van der Waals surface area (Å²) in [6.07, 6.45) is 4.41. The number of nitrogens with one attached hydrogen (secondary N) is 1. The summed E-state index contributed by atoms with van der Waals surface area (Å²) in [4.78, 5) is 11.1. The SMILES string of the molecule is CCCCCCNC(=O)CC(Cl)(Cl)Cl. The molecule has 0 atom stereocenters. The van der Waals surface area contributed by atoms with Gasteiger partial charge in [-0.25, -0.2) is 0 Å². The van der Waals surface area contributed by atoms with Gasteiger partial charge in [0.25, 0.3) is 0 Å². The van der Waals surface area contributed by atoms with Crippen LogP contribution in [0, 0.1) is 0 Å². The van der Waals surface area contributed by atoms with Crippen molar-refractivity contribution in [2.24, 2.45) is 0 Å². The fourth-order valence-corrected chi connectivity index (χ4v) is 1.39. The van der Waals surface area contributed by atoms with Crippen molar-refractivity contribution in [3.05, 3.63) is 0 Å². The number of alkyl halides is 3. The highest BCUT2D eigenvalue weighted by atomic mass is 35.6. The molecule has 1 N–H and O–H groups in total. The van der Waals surface area contributed by atoms with E-state index in [1.165, 1.54) is 12.8 Å². The summed E-state index contributed by atoms with van der Waals surface area (Å²) in [6.45, 7) is 2.81. The summed E-state index contributed by atoms with van der Waals surface area (Å²) < 4.78 is -1.48. The fraction of sp³-hybridized carbons (Fsp3) is 0.889. The third-order valence-electron chi connectivity index (χ3n) is 1.71. The first-order valence-electron chi connectivity index (χ1n) is 4.79. The molecule has 0 aromatic rings. The first-order valence-corrected chi connectivity index (χ1v) is 5.92. The number of rotatable bonds is 6. The average molecular weight is 261 g/mol. The molecule has 84 valence electrons. The molecule has 0 aliphatic rings. The monoisotopic (exact) mass is 259 g/mol. The van der Waals surface area contributed by atoms with Gasteiger partial charge in [0.1, 0.15) is 0 Å². The van der Waals surface area contributed by atoms with Crippen LogP contribution in [0.15, 0.2) is 0 Å². The van der Waals surface area contributed by atoms with Crippen LogP contribution in [0.2, 0.25) is 0 Å². The van der Waals surface area contributed by atoms with Gasteiger partial charge in [0, 0.05) is 6.54 Å². The molecule has 1 amide bonds. The topological polar surface area (TPSA) is 29.1 Å². The molecule has 0 radical (unpaired) electrons. The molecule has 0 saturated carbocycles. The van der Waals surface area contributed by atoms with Crippen molar-refractivity contribution in [3.63, 3.8) is 0 Å². The van der Waals surface area contributed by atoms with Crippen molar-refractivity contribution in [2.45, 2.75) is 42.8 Å². The highest BCUT2D eigenvalue weighted by Crippen LogP contribution is 2.29. The van der Waals surface area contributed by atoms with Crippen molar-refractivity contribution < 1.29 is 4.79 Å². The van der Waals surface area contributed by atoms with Crippen molar-refractivity contribution in [2.75, 3.05) is 6.54 Å². The molecule has 14 heavy (non-hydrogen) atoms. The second-order valence-electron chi connectivity index (χ2n) is 3.20. The molecule has 0 unspecified atom stereocenters. The molecule has 0 bridgehead atoms. The van der Waals surface area contributed by atoms with E-state index in [9.17, 15) is 4.79 Å². The Balaban J connectivity index is 3.36. The third-order valence-corrected chi connectivity index (χ3v) is 2.11. The fourth-order valence-electron chi connectivity index (χ4n) is 1.02. The van der Waals surface area contributed by atoms with E-state index in [0.29, 0.717) is 6.54 Å². The maximum Gasteiger partial charge on any atom is 0.224 e. The summed E-state index contributed by atoms with van der Waals surface area (Å²) in [5.41, 5.74) is 0. The number of carbonyl (C=O) groups is 1. The van der Waals surface area contributed by atoms with Gasteiger partial charge in [-0.15, -0.1) is 0 Å². The number of carbonyl (C=O) groups excluding carboxylic acids is 1. The summed E-state index contributed by atoms with van der Waals surface area (Å²) in [6, 6.07) is 0. The summed E-state index contributed by atoms with van der Waals surface area (Å²) in [7, 11) is 0. The zero-order chi connectivity index (χ0) is 11.0. The zero-order valence-corrected chi connectivity index (χ0v) is 10.6. The van der Waals surface area contributed by atoms with Crippen molar-refractivity contribution in [1.82, 2.24) is 5.32 Å². The van der Waals surface area contributed by atoms with Gasteiger partial charge >= 0.3 is 0 Å². The smallest absolute Gasteiger partial charge is 0.224 e. The van der Waals surface area contributed by atoms with E-state index in [1.807, 2.05) is 0 Å². The first kappa shape index (κ1) is 14.3. The Bertz CT molecular complexity index is 168. The van der Waals surface area contributed by atoms with E-state index < -0.39 is 3.79 Å². The number of unbranched alkanes of at least 4 members (excludes halogenated alkanes) is 3. The Morgan fingerprint density at radius 1 is 1.21 bits per heavy atom. The Kier molecular flexibility index (Phi) is 7.79. The second-order valence-corrected chi connectivity index (χ2v) is 5.72. The van der Waals surface area contributed by atoms with E-state index in [2.05, 4.69) is 12.2 Å². The van der Waals surface area contributed by atoms with Gasteiger partial charge in [-0.3, -0.25) is 4.79 Å². The van der Waals surface area contributed by atoms with Crippen LogP contribution < -0.4 is 5.32 Å². The lowest BCUT2D eigenvalue weighted by Crippen LogP contribution is -2.28. The molecule has 0 spiro atoms. The van der Waals surface area contributed by atoms with Gasteiger partial charge in [0.15, 0.2) is 3.79 Å². The lowest BCUT2D eigenvalue weighted by Gasteiger charge is -2.10. The average Bonchev–Trinajstić information content (AvgIpc) is 2.00. The predicted octanol–water partition coefficient (Wildman–Crippen LogP) is 3.44.